The summed E-state index contributed by atoms with van der Waals surface area (Å²) in [6.45, 7) is 3.76. The lowest BCUT2D eigenvalue weighted by molar-refractivity contribution is -0.165. The first kappa shape index (κ1) is 16.8. The molecular formula is C18H21NO5. The molecule has 0 spiro atoms. The summed E-state index contributed by atoms with van der Waals surface area (Å²) in [5.41, 5.74) is -3.88. The highest BCUT2D eigenvalue weighted by Crippen LogP contribution is 2.53. The molecule has 6 nitrogen and oxygen atoms in total. The van der Waals surface area contributed by atoms with Gasteiger partial charge in [0, 0.05) is 16.8 Å². The Morgan fingerprint density at radius 1 is 1.29 bits per heavy atom. The molecule has 1 aromatic carbocycles. The monoisotopic (exact) mass is 331 g/mol. The minimum absolute atomic E-state index is 0.183. The normalized spacial score (nSPS) is 30.8. The van der Waals surface area contributed by atoms with Gasteiger partial charge in [0.15, 0.2) is 5.60 Å². The maximum atomic E-state index is 12.8. The Hall–Kier alpha value is -2.05. The van der Waals surface area contributed by atoms with E-state index < -0.39 is 29.0 Å². The second kappa shape index (κ2) is 5.79. The first-order chi connectivity index (χ1) is 11.4. The highest BCUT2D eigenvalue weighted by atomic mass is 16.5. The molecule has 6 heteroatoms. The predicted octanol–water partition coefficient (Wildman–Crippen LogP) is 1.58. The third kappa shape index (κ3) is 2.06. The van der Waals surface area contributed by atoms with Gasteiger partial charge in [-0.1, -0.05) is 44.0 Å². The number of esters is 1. The lowest BCUT2D eigenvalue weighted by Crippen LogP contribution is -2.56. The molecule has 3 rings (SSSR count). The van der Waals surface area contributed by atoms with E-state index in [-0.39, 0.29) is 23.4 Å². The van der Waals surface area contributed by atoms with E-state index >= 15 is 0 Å². The molecule has 0 unspecified atom stereocenters. The van der Waals surface area contributed by atoms with Crippen molar-refractivity contribution >= 4 is 17.5 Å². The van der Waals surface area contributed by atoms with E-state index in [1.165, 1.54) is 19.1 Å². The summed E-state index contributed by atoms with van der Waals surface area (Å²) in [5, 5.41) is 22.0. The van der Waals surface area contributed by atoms with Gasteiger partial charge in [0.2, 0.25) is 11.5 Å². The topological polar surface area (TPSA) is 96.2 Å². The fourth-order valence-electron chi connectivity index (χ4n) is 3.60. The van der Waals surface area contributed by atoms with Crippen LogP contribution in [0.5, 0.6) is 0 Å². The number of carbonyl (C=O) groups is 2. The number of aliphatic imine (C=N–C) groups is 1. The van der Waals surface area contributed by atoms with Crippen molar-refractivity contribution in [2.45, 2.75) is 44.4 Å². The Kier molecular flexibility index (Phi) is 4.05. The molecule has 2 N–H and O–H groups in total. The van der Waals surface area contributed by atoms with E-state index in [0.717, 1.165) is 12.8 Å². The van der Waals surface area contributed by atoms with Gasteiger partial charge in [-0.25, -0.2) is 0 Å². The molecule has 1 heterocycles. The molecule has 0 radical (unpaired) electrons. The van der Waals surface area contributed by atoms with Crippen LogP contribution in [-0.2, 0) is 15.3 Å². The minimum Gasteiger partial charge on any atom is -0.465 e. The molecular weight excluding hydrogens is 310 g/mol. The summed E-state index contributed by atoms with van der Waals surface area (Å²) in [7, 11) is 0. The summed E-state index contributed by atoms with van der Waals surface area (Å²) in [6.07, 6.45) is 2.62. The molecule has 0 amide bonds. The Morgan fingerprint density at radius 3 is 2.71 bits per heavy atom. The maximum Gasteiger partial charge on any atom is 0.318 e. The third-order valence-electron chi connectivity index (χ3n) is 4.83. The van der Waals surface area contributed by atoms with Crippen molar-refractivity contribution in [3.05, 3.63) is 35.4 Å². The zero-order valence-electron chi connectivity index (χ0n) is 13.8. The zero-order chi connectivity index (χ0) is 17.5. The number of hydrogen-bond donors (Lipinski definition) is 2. The molecule has 3 atom stereocenters. The first-order valence-electron chi connectivity index (χ1n) is 8.20. The number of aliphatic hydroxyl groups is 2. The molecule has 0 saturated carbocycles. The van der Waals surface area contributed by atoms with Crippen molar-refractivity contribution in [2.24, 2.45) is 10.9 Å². The number of hydrogen-bond acceptors (Lipinski definition) is 6. The smallest absolute Gasteiger partial charge is 0.318 e. The summed E-state index contributed by atoms with van der Waals surface area (Å²) < 4.78 is 5.22. The van der Waals surface area contributed by atoms with Gasteiger partial charge in [-0.2, -0.15) is 0 Å². The maximum absolute atomic E-state index is 12.8. The van der Waals surface area contributed by atoms with Crippen molar-refractivity contribution in [1.29, 1.82) is 0 Å². The molecule has 0 aromatic heterocycles. The van der Waals surface area contributed by atoms with Gasteiger partial charge in [0.1, 0.15) is 5.92 Å². The molecule has 0 fully saturated rings. The Labute approximate surface area is 140 Å². The minimum atomic E-state index is -2.34. The number of Topliss-reactive ketones (excluding diaryl/α,β-unsaturated/α-hetero) is 1. The summed E-state index contributed by atoms with van der Waals surface area (Å²) in [5.74, 6) is -2.73. The lowest BCUT2D eigenvalue weighted by atomic mass is 9.79. The van der Waals surface area contributed by atoms with E-state index in [2.05, 4.69) is 4.99 Å². The summed E-state index contributed by atoms with van der Waals surface area (Å²) in [6, 6.07) is 6.34. The van der Waals surface area contributed by atoms with Crippen LogP contribution in [0.4, 0.5) is 0 Å². The van der Waals surface area contributed by atoms with Crippen LogP contribution in [0.2, 0.25) is 0 Å². The number of benzene rings is 1. The summed E-state index contributed by atoms with van der Waals surface area (Å²) in [4.78, 5) is 29.3. The van der Waals surface area contributed by atoms with E-state index in [9.17, 15) is 19.8 Å². The van der Waals surface area contributed by atoms with E-state index in [0.29, 0.717) is 6.42 Å². The first-order valence-corrected chi connectivity index (χ1v) is 8.20. The van der Waals surface area contributed by atoms with E-state index in [1.807, 2.05) is 6.92 Å². The molecule has 0 bridgehead atoms. The Balaban J connectivity index is 1.94. The molecule has 1 aliphatic carbocycles. The van der Waals surface area contributed by atoms with Crippen LogP contribution >= 0.6 is 0 Å². The third-order valence-corrected chi connectivity index (χ3v) is 4.83. The van der Waals surface area contributed by atoms with Crippen LogP contribution in [0.15, 0.2) is 29.3 Å². The number of nitrogens with zero attached hydrogens (tertiary/aromatic N) is 1. The number of ketones is 1. The fourth-order valence-corrected chi connectivity index (χ4v) is 3.60. The number of unbranched alkanes of at least 4 members (excludes halogenated alkanes) is 2. The van der Waals surface area contributed by atoms with Crippen LogP contribution in [-0.4, -0.2) is 39.9 Å². The highest BCUT2D eigenvalue weighted by Gasteiger charge is 2.72. The fraction of sp³-hybridized carbons (Fsp3) is 0.500. The lowest BCUT2D eigenvalue weighted by Gasteiger charge is -2.31. The van der Waals surface area contributed by atoms with Crippen molar-refractivity contribution in [3.63, 3.8) is 0 Å². The molecule has 24 heavy (non-hydrogen) atoms. The molecule has 0 saturated heterocycles. The molecule has 128 valence electrons. The van der Waals surface area contributed by atoms with Gasteiger partial charge in [-0.3, -0.25) is 14.6 Å². The number of fused-ring (bicyclic) bond motifs is 3. The van der Waals surface area contributed by atoms with Crippen LogP contribution < -0.4 is 0 Å². The summed E-state index contributed by atoms with van der Waals surface area (Å²) >= 11 is 0. The molecule has 2 aliphatic rings. The van der Waals surface area contributed by atoms with Gasteiger partial charge < -0.3 is 14.9 Å². The largest absolute Gasteiger partial charge is 0.465 e. The zero-order valence-corrected chi connectivity index (χ0v) is 13.8. The van der Waals surface area contributed by atoms with Crippen LogP contribution in [0.25, 0.3) is 0 Å². The van der Waals surface area contributed by atoms with Crippen molar-refractivity contribution in [3.8, 4) is 0 Å². The quantitative estimate of drug-likeness (QED) is 0.631. The van der Waals surface area contributed by atoms with Gasteiger partial charge >= 0.3 is 5.97 Å². The van der Waals surface area contributed by atoms with Crippen LogP contribution in [0.3, 0.4) is 0 Å². The van der Waals surface area contributed by atoms with Crippen molar-refractivity contribution < 1.29 is 24.5 Å². The van der Waals surface area contributed by atoms with Gasteiger partial charge in [0.25, 0.3) is 0 Å². The van der Waals surface area contributed by atoms with Gasteiger partial charge in [0.05, 0.1) is 6.61 Å². The number of rotatable bonds is 5. The molecule has 1 aromatic rings. The Morgan fingerprint density at radius 2 is 2.00 bits per heavy atom. The van der Waals surface area contributed by atoms with E-state index in [1.54, 1.807) is 12.1 Å². The highest BCUT2D eigenvalue weighted by molar-refractivity contribution is 6.18. The van der Waals surface area contributed by atoms with Crippen LogP contribution in [0.1, 0.15) is 49.0 Å². The number of ether oxygens (including phenoxy) is 1. The van der Waals surface area contributed by atoms with Crippen LogP contribution in [0, 0.1) is 5.92 Å². The predicted molar refractivity (Wildman–Crippen MR) is 86.7 cm³/mol. The van der Waals surface area contributed by atoms with Crippen molar-refractivity contribution in [2.75, 3.05) is 6.61 Å². The molecule has 1 aliphatic heterocycles. The van der Waals surface area contributed by atoms with Gasteiger partial charge in [-0.05, 0) is 13.3 Å². The SMILES string of the molecule is CCCCCOC(=O)[C@H]1C(C)=N[C@]2(O)c3ccccc3C(=O)[C@]12O. The second-order valence-electron chi connectivity index (χ2n) is 6.37. The van der Waals surface area contributed by atoms with Gasteiger partial charge in [-0.15, -0.1) is 0 Å². The number of carbonyl (C=O) groups excluding carboxylic acids is 2. The standard InChI is InChI=1S/C18H21NO5/c1-3-4-7-10-24-16(21)14-11(2)19-18(23)13-9-6-5-8-12(13)15(20)17(14,18)22/h5-6,8-9,14,22-23H,3-4,7,10H2,1-2H3/t14-,17-,18+/m1/s1. The van der Waals surface area contributed by atoms with Crippen molar-refractivity contribution in [1.82, 2.24) is 0 Å². The average Bonchev–Trinajstić information content (AvgIpc) is 2.87. The average molecular weight is 331 g/mol. The van der Waals surface area contributed by atoms with E-state index in [4.69, 9.17) is 4.74 Å². The second-order valence-corrected chi connectivity index (χ2v) is 6.37. The Bertz CT molecular complexity index is 728.